The second-order valence-electron chi connectivity index (χ2n) is 7.89. The van der Waals surface area contributed by atoms with Gasteiger partial charge in [0.25, 0.3) is 0 Å². The monoisotopic (exact) mass is 485 g/mol. The van der Waals surface area contributed by atoms with Gasteiger partial charge in [0.05, 0.1) is 33.5 Å². The van der Waals surface area contributed by atoms with Crippen LogP contribution in [0.1, 0.15) is 12.0 Å². The molecule has 1 amide bonds. The number of nitrogens with zero attached hydrogens (tertiary/aromatic N) is 4. The first-order valence-corrected chi connectivity index (χ1v) is 12.2. The summed E-state index contributed by atoms with van der Waals surface area (Å²) in [5, 5.41) is 5.11. The molecule has 1 aromatic carbocycles. The maximum Gasteiger partial charge on any atom is 0.420 e. The van der Waals surface area contributed by atoms with E-state index in [0.717, 1.165) is 50.7 Å². The number of amides is 1. The molecule has 0 aliphatic carbocycles. The molecule has 1 N–H and O–H groups in total. The Bertz CT molecular complexity index is 1080. The van der Waals surface area contributed by atoms with Gasteiger partial charge >= 0.3 is 6.09 Å². The van der Waals surface area contributed by atoms with Gasteiger partial charge in [0.1, 0.15) is 11.5 Å². The largest absolute Gasteiger partial charge is 0.491 e. The molecule has 0 bridgehead atoms. The van der Waals surface area contributed by atoms with Crippen molar-refractivity contribution in [3.05, 3.63) is 35.2 Å². The summed E-state index contributed by atoms with van der Waals surface area (Å²) in [6, 6.07) is 7.39. The first-order chi connectivity index (χ1) is 16.7. The van der Waals surface area contributed by atoms with Crippen molar-refractivity contribution in [3.8, 4) is 16.6 Å². The van der Waals surface area contributed by atoms with Crippen LogP contribution in [0, 0.1) is 0 Å². The number of thiophene rings is 1. The zero-order chi connectivity index (χ0) is 23.3. The Kier molecular flexibility index (Phi) is 6.93. The molecule has 3 aliphatic heterocycles. The lowest BCUT2D eigenvalue weighted by molar-refractivity contribution is 0.0357. The van der Waals surface area contributed by atoms with Crippen LogP contribution in [0.5, 0.6) is 16.6 Å². The van der Waals surface area contributed by atoms with Crippen molar-refractivity contribution in [2.75, 3.05) is 59.7 Å². The maximum absolute atomic E-state index is 12.5. The Hall–Kier alpha value is -3.15. The third-order valence-corrected chi connectivity index (χ3v) is 6.48. The molecule has 11 heteroatoms. The SMILES string of the molecule is COc1c(OCCCN2CCOCC2)ccc2c1N=C(NC(=O)Oc1cccs1)N1CCN=C21. The molecule has 0 saturated carbocycles. The number of hydrogen-bond acceptors (Lipinski definition) is 10. The first-order valence-electron chi connectivity index (χ1n) is 11.3. The van der Waals surface area contributed by atoms with E-state index in [1.54, 1.807) is 13.2 Å². The number of carbonyl (C=O) groups excluding carboxylic acids is 1. The van der Waals surface area contributed by atoms with Crippen LogP contribution in [0.3, 0.4) is 0 Å². The van der Waals surface area contributed by atoms with Crippen molar-refractivity contribution < 1.29 is 23.7 Å². The van der Waals surface area contributed by atoms with Gasteiger partial charge in [0, 0.05) is 31.7 Å². The quantitative estimate of drug-likeness (QED) is 0.603. The number of methoxy groups -OCH3 is 1. The maximum atomic E-state index is 12.5. The minimum absolute atomic E-state index is 0.355. The number of benzene rings is 1. The van der Waals surface area contributed by atoms with Gasteiger partial charge in [0.2, 0.25) is 5.96 Å². The minimum atomic E-state index is -0.606. The minimum Gasteiger partial charge on any atom is -0.491 e. The summed E-state index contributed by atoms with van der Waals surface area (Å²) in [7, 11) is 1.59. The summed E-state index contributed by atoms with van der Waals surface area (Å²) < 4.78 is 22.5. The Morgan fingerprint density at radius 2 is 2.12 bits per heavy atom. The number of aliphatic imine (C=N–C) groups is 2. The number of guanidine groups is 1. The van der Waals surface area contributed by atoms with E-state index in [0.29, 0.717) is 47.9 Å². The fourth-order valence-electron chi connectivity index (χ4n) is 4.13. The zero-order valence-electron chi connectivity index (χ0n) is 19.0. The van der Waals surface area contributed by atoms with Crippen molar-refractivity contribution in [1.82, 2.24) is 15.1 Å². The Labute approximate surface area is 201 Å². The van der Waals surface area contributed by atoms with E-state index in [1.807, 2.05) is 28.5 Å². The Balaban J connectivity index is 1.32. The summed E-state index contributed by atoms with van der Waals surface area (Å²) in [5.41, 5.74) is 1.42. The van der Waals surface area contributed by atoms with Crippen LogP contribution in [-0.4, -0.2) is 87.3 Å². The number of ether oxygens (including phenoxy) is 4. The van der Waals surface area contributed by atoms with Crippen molar-refractivity contribution in [3.63, 3.8) is 0 Å². The predicted octanol–water partition coefficient (Wildman–Crippen LogP) is 2.71. The van der Waals surface area contributed by atoms with E-state index >= 15 is 0 Å². The molecule has 1 aromatic heterocycles. The molecule has 0 unspecified atom stereocenters. The highest BCUT2D eigenvalue weighted by molar-refractivity contribution is 7.11. The molecule has 10 nitrogen and oxygen atoms in total. The average molecular weight is 486 g/mol. The lowest BCUT2D eigenvalue weighted by Gasteiger charge is -2.28. The third kappa shape index (κ3) is 4.86. The smallest absolute Gasteiger partial charge is 0.420 e. The van der Waals surface area contributed by atoms with Gasteiger partial charge in [-0.2, -0.15) is 0 Å². The molecule has 0 spiro atoms. The molecule has 0 atom stereocenters. The second-order valence-corrected chi connectivity index (χ2v) is 8.80. The summed E-state index contributed by atoms with van der Waals surface area (Å²) in [4.78, 5) is 26.1. The van der Waals surface area contributed by atoms with Gasteiger partial charge in [0.15, 0.2) is 16.6 Å². The zero-order valence-corrected chi connectivity index (χ0v) is 19.8. The summed E-state index contributed by atoms with van der Waals surface area (Å²) in [6.45, 7) is 6.24. The summed E-state index contributed by atoms with van der Waals surface area (Å²) in [6.07, 6.45) is 0.288. The Morgan fingerprint density at radius 1 is 1.24 bits per heavy atom. The van der Waals surface area contributed by atoms with E-state index < -0.39 is 6.09 Å². The molecule has 2 aromatic rings. The molecule has 180 valence electrons. The van der Waals surface area contributed by atoms with Crippen molar-refractivity contribution in [1.29, 1.82) is 0 Å². The standard InChI is InChI=1S/C23H27N5O5S/c1-30-20-17(32-12-3-8-27-10-13-31-14-11-27)6-5-16-19(20)25-22(28-9-7-24-21(16)28)26-23(29)33-18-4-2-15-34-18/h2,4-6,15H,3,7-14H2,1H3,(H,25,26,29). The van der Waals surface area contributed by atoms with Gasteiger partial charge in [-0.1, -0.05) is 0 Å². The van der Waals surface area contributed by atoms with Crippen LogP contribution in [0.15, 0.2) is 39.6 Å². The van der Waals surface area contributed by atoms with Crippen LogP contribution in [0.4, 0.5) is 10.5 Å². The molecule has 5 rings (SSSR count). The lowest BCUT2D eigenvalue weighted by atomic mass is 10.1. The predicted molar refractivity (Wildman–Crippen MR) is 129 cm³/mol. The average Bonchev–Trinajstić information content (AvgIpc) is 3.55. The van der Waals surface area contributed by atoms with E-state index in [4.69, 9.17) is 23.9 Å². The molecule has 4 heterocycles. The van der Waals surface area contributed by atoms with Crippen LogP contribution in [-0.2, 0) is 4.74 Å². The molecular formula is C23H27N5O5S. The number of carbonyl (C=O) groups is 1. The number of fused-ring (bicyclic) bond motifs is 3. The van der Waals surface area contributed by atoms with Gasteiger partial charge in [-0.3, -0.25) is 20.1 Å². The Morgan fingerprint density at radius 3 is 2.91 bits per heavy atom. The molecule has 34 heavy (non-hydrogen) atoms. The number of rotatable bonds is 7. The molecule has 1 saturated heterocycles. The topological polar surface area (TPSA) is 97.2 Å². The fraction of sp³-hybridized carbons (Fsp3) is 0.435. The highest BCUT2D eigenvalue weighted by Gasteiger charge is 2.33. The van der Waals surface area contributed by atoms with Gasteiger partial charge in [-0.25, -0.2) is 9.79 Å². The number of hydrogen-bond donors (Lipinski definition) is 1. The van der Waals surface area contributed by atoms with Crippen LogP contribution in [0.25, 0.3) is 0 Å². The number of amidine groups is 1. The number of nitrogens with one attached hydrogen (secondary N) is 1. The van der Waals surface area contributed by atoms with E-state index in [2.05, 4.69) is 15.2 Å². The number of morpholine rings is 1. The molecule has 3 aliphatic rings. The van der Waals surface area contributed by atoms with Gasteiger partial charge < -0.3 is 18.9 Å². The van der Waals surface area contributed by atoms with E-state index in [9.17, 15) is 4.79 Å². The summed E-state index contributed by atoms with van der Waals surface area (Å²) >= 11 is 1.34. The van der Waals surface area contributed by atoms with Crippen molar-refractivity contribution >= 4 is 34.9 Å². The normalized spacial score (nSPS) is 17.4. The second kappa shape index (κ2) is 10.4. The first kappa shape index (κ1) is 22.6. The molecular weight excluding hydrogens is 458 g/mol. The molecule has 1 fully saturated rings. The highest BCUT2D eigenvalue weighted by Crippen LogP contribution is 2.43. The van der Waals surface area contributed by atoms with Gasteiger partial charge in [-0.15, -0.1) is 11.3 Å². The lowest BCUT2D eigenvalue weighted by Crippen LogP contribution is -2.48. The highest BCUT2D eigenvalue weighted by atomic mass is 32.1. The van der Waals surface area contributed by atoms with Crippen LogP contribution >= 0.6 is 11.3 Å². The van der Waals surface area contributed by atoms with E-state index in [1.165, 1.54) is 11.3 Å². The van der Waals surface area contributed by atoms with Gasteiger partial charge in [-0.05, 0) is 36.1 Å². The molecule has 0 radical (unpaired) electrons. The van der Waals surface area contributed by atoms with Crippen molar-refractivity contribution in [2.24, 2.45) is 9.98 Å². The van der Waals surface area contributed by atoms with Crippen LogP contribution < -0.4 is 19.5 Å². The van der Waals surface area contributed by atoms with Crippen LogP contribution in [0.2, 0.25) is 0 Å². The summed E-state index contributed by atoms with van der Waals surface area (Å²) in [5.74, 6) is 2.23. The van der Waals surface area contributed by atoms with E-state index in [-0.39, 0.29) is 0 Å². The third-order valence-electron chi connectivity index (χ3n) is 5.74. The fourth-order valence-corrected chi connectivity index (χ4v) is 4.70. The van der Waals surface area contributed by atoms with Crippen molar-refractivity contribution in [2.45, 2.75) is 6.42 Å².